The molecule has 0 saturated carbocycles. The second-order valence-corrected chi connectivity index (χ2v) is 3.48. The zero-order chi connectivity index (χ0) is 11.8. The van der Waals surface area contributed by atoms with E-state index < -0.39 is 0 Å². The quantitative estimate of drug-likeness (QED) is 0.497. The number of hydrogen-bond donors (Lipinski definition) is 2. The Balaban J connectivity index is 0.00000256. The molecule has 0 bridgehead atoms. The van der Waals surface area contributed by atoms with E-state index in [9.17, 15) is 4.39 Å². The molecule has 0 aromatic heterocycles. The summed E-state index contributed by atoms with van der Waals surface area (Å²) in [6.07, 6.45) is 1.04. The van der Waals surface area contributed by atoms with Crippen LogP contribution in [0.15, 0.2) is 29.3 Å². The summed E-state index contributed by atoms with van der Waals surface area (Å²) in [5, 5.41) is 6.27. The number of halogens is 2. The van der Waals surface area contributed by atoms with E-state index >= 15 is 0 Å². The predicted molar refractivity (Wildman–Crippen MR) is 80.3 cm³/mol. The van der Waals surface area contributed by atoms with Gasteiger partial charge in [0.15, 0.2) is 5.96 Å². The summed E-state index contributed by atoms with van der Waals surface area (Å²) in [4.78, 5) is 4.06. The standard InChI is InChI=1S/C12H18FN3.HI/c1-3-7-15-12(14-2)16-9-10-5-4-6-11(13)8-10;/h4-6,8H,3,7,9H2,1-2H3,(H2,14,15,16);1H. The first-order valence-electron chi connectivity index (χ1n) is 5.45. The molecule has 0 fully saturated rings. The summed E-state index contributed by atoms with van der Waals surface area (Å²) in [6.45, 7) is 3.54. The third-order valence-electron chi connectivity index (χ3n) is 2.12. The van der Waals surface area contributed by atoms with E-state index in [0.29, 0.717) is 6.54 Å². The number of nitrogens with zero attached hydrogens (tertiary/aromatic N) is 1. The highest BCUT2D eigenvalue weighted by Crippen LogP contribution is 2.02. The lowest BCUT2D eigenvalue weighted by molar-refractivity contribution is 0.624. The topological polar surface area (TPSA) is 36.4 Å². The van der Waals surface area contributed by atoms with Crippen LogP contribution in [0.2, 0.25) is 0 Å². The molecule has 0 aliphatic heterocycles. The molecule has 0 heterocycles. The number of aliphatic imine (C=N–C) groups is 1. The fourth-order valence-corrected chi connectivity index (χ4v) is 1.30. The molecular weight excluding hydrogens is 332 g/mol. The van der Waals surface area contributed by atoms with Crippen LogP contribution in [0, 0.1) is 5.82 Å². The van der Waals surface area contributed by atoms with Gasteiger partial charge in [-0.2, -0.15) is 0 Å². The van der Waals surface area contributed by atoms with Crippen LogP contribution in [0.4, 0.5) is 4.39 Å². The van der Waals surface area contributed by atoms with Crippen LogP contribution < -0.4 is 10.6 Å². The summed E-state index contributed by atoms with van der Waals surface area (Å²) in [7, 11) is 1.72. The fourth-order valence-electron chi connectivity index (χ4n) is 1.30. The minimum Gasteiger partial charge on any atom is -0.356 e. The second kappa shape index (κ2) is 9.21. The van der Waals surface area contributed by atoms with Gasteiger partial charge < -0.3 is 10.6 Å². The zero-order valence-electron chi connectivity index (χ0n) is 10.2. The predicted octanol–water partition coefficient (Wildman–Crippen LogP) is 2.52. The molecule has 17 heavy (non-hydrogen) atoms. The highest BCUT2D eigenvalue weighted by molar-refractivity contribution is 14.0. The van der Waals surface area contributed by atoms with E-state index in [-0.39, 0.29) is 29.8 Å². The SMILES string of the molecule is CCCNC(=NC)NCc1cccc(F)c1.I. The summed E-state index contributed by atoms with van der Waals surface area (Å²) in [6, 6.07) is 6.53. The second-order valence-electron chi connectivity index (χ2n) is 3.48. The van der Waals surface area contributed by atoms with E-state index in [2.05, 4.69) is 22.5 Å². The average molecular weight is 351 g/mol. The Morgan fingerprint density at radius 2 is 2.12 bits per heavy atom. The van der Waals surface area contributed by atoms with E-state index in [1.165, 1.54) is 12.1 Å². The minimum absolute atomic E-state index is 0. The molecule has 96 valence electrons. The van der Waals surface area contributed by atoms with Gasteiger partial charge in [-0.15, -0.1) is 24.0 Å². The number of nitrogens with one attached hydrogen (secondary N) is 2. The summed E-state index contributed by atoms with van der Waals surface area (Å²) in [5.41, 5.74) is 0.902. The van der Waals surface area contributed by atoms with Crippen LogP contribution in [0.5, 0.6) is 0 Å². The maximum atomic E-state index is 12.9. The van der Waals surface area contributed by atoms with Crippen LogP contribution in [0.25, 0.3) is 0 Å². The van der Waals surface area contributed by atoms with Crippen LogP contribution >= 0.6 is 24.0 Å². The zero-order valence-corrected chi connectivity index (χ0v) is 12.5. The van der Waals surface area contributed by atoms with Gasteiger partial charge >= 0.3 is 0 Å². The van der Waals surface area contributed by atoms with Crippen LogP contribution in [-0.2, 0) is 6.54 Å². The molecule has 0 amide bonds. The average Bonchev–Trinajstić information content (AvgIpc) is 2.29. The molecule has 1 rings (SSSR count). The molecular formula is C12H19FIN3. The molecule has 5 heteroatoms. The normalized spacial score (nSPS) is 10.6. The van der Waals surface area contributed by atoms with Gasteiger partial charge in [0.1, 0.15) is 5.82 Å². The van der Waals surface area contributed by atoms with Crippen molar-refractivity contribution in [2.75, 3.05) is 13.6 Å². The Bertz CT molecular complexity index is 355. The Labute approximate surface area is 119 Å². The molecule has 0 unspecified atom stereocenters. The molecule has 0 atom stereocenters. The van der Waals surface area contributed by atoms with Crippen molar-refractivity contribution in [3.8, 4) is 0 Å². The van der Waals surface area contributed by atoms with E-state index in [1.807, 2.05) is 6.07 Å². The van der Waals surface area contributed by atoms with Crippen molar-refractivity contribution in [2.24, 2.45) is 4.99 Å². The van der Waals surface area contributed by atoms with Gasteiger partial charge in [-0.1, -0.05) is 19.1 Å². The van der Waals surface area contributed by atoms with Gasteiger partial charge in [0.05, 0.1) is 0 Å². The molecule has 0 saturated heterocycles. The van der Waals surface area contributed by atoms with Crippen LogP contribution in [0.3, 0.4) is 0 Å². The van der Waals surface area contributed by atoms with Crippen molar-refractivity contribution in [3.63, 3.8) is 0 Å². The number of guanidine groups is 1. The Kier molecular flexibility index (Phi) is 8.75. The highest BCUT2D eigenvalue weighted by atomic mass is 127. The number of hydrogen-bond acceptors (Lipinski definition) is 1. The summed E-state index contributed by atoms with van der Waals surface area (Å²) in [5.74, 6) is 0.530. The summed E-state index contributed by atoms with van der Waals surface area (Å²) >= 11 is 0. The van der Waals surface area contributed by atoms with Crippen molar-refractivity contribution in [3.05, 3.63) is 35.6 Å². The molecule has 3 nitrogen and oxygen atoms in total. The molecule has 1 aromatic carbocycles. The molecule has 0 aliphatic rings. The molecule has 0 aliphatic carbocycles. The monoisotopic (exact) mass is 351 g/mol. The van der Waals surface area contributed by atoms with Gasteiger partial charge in [0.25, 0.3) is 0 Å². The van der Waals surface area contributed by atoms with E-state index in [1.54, 1.807) is 13.1 Å². The van der Waals surface area contributed by atoms with Gasteiger partial charge in [0.2, 0.25) is 0 Å². The fraction of sp³-hybridized carbons (Fsp3) is 0.417. The lowest BCUT2D eigenvalue weighted by Gasteiger charge is -2.10. The Morgan fingerprint density at radius 3 is 2.71 bits per heavy atom. The Morgan fingerprint density at radius 1 is 1.35 bits per heavy atom. The summed E-state index contributed by atoms with van der Waals surface area (Å²) < 4.78 is 12.9. The maximum Gasteiger partial charge on any atom is 0.191 e. The van der Waals surface area contributed by atoms with Crippen LogP contribution in [-0.4, -0.2) is 19.6 Å². The lowest BCUT2D eigenvalue weighted by atomic mass is 10.2. The van der Waals surface area contributed by atoms with Gasteiger partial charge in [-0.25, -0.2) is 4.39 Å². The Hall–Kier alpha value is -0.850. The third kappa shape index (κ3) is 6.45. The van der Waals surface area contributed by atoms with Crippen molar-refractivity contribution in [1.29, 1.82) is 0 Å². The molecule has 0 spiro atoms. The lowest BCUT2D eigenvalue weighted by Crippen LogP contribution is -2.37. The van der Waals surface area contributed by atoms with Crippen molar-refractivity contribution < 1.29 is 4.39 Å². The van der Waals surface area contributed by atoms with Crippen molar-refractivity contribution in [2.45, 2.75) is 19.9 Å². The first kappa shape index (κ1) is 16.1. The van der Waals surface area contributed by atoms with E-state index in [4.69, 9.17) is 0 Å². The molecule has 0 radical (unpaired) electrons. The highest BCUT2D eigenvalue weighted by Gasteiger charge is 1.98. The number of benzene rings is 1. The maximum absolute atomic E-state index is 12.9. The van der Waals surface area contributed by atoms with E-state index in [0.717, 1.165) is 24.5 Å². The van der Waals surface area contributed by atoms with Crippen molar-refractivity contribution in [1.82, 2.24) is 10.6 Å². The first-order valence-corrected chi connectivity index (χ1v) is 5.45. The third-order valence-corrected chi connectivity index (χ3v) is 2.12. The van der Waals surface area contributed by atoms with Crippen molar-refractivity contribution >= 4 is 29.9 Å². The first-order chi connectivity index (χ1) is 7.76. The minimum atomic E-state index is -0.212. The van der Waals surface area contributed by atoms with Gasteiger partial charge in [-0.05, 0) is 24.1 Å². The molecule has 2 N–H and O–H groups in total. The largest absolute Gasteiger partial charge is 0.356 e. The molecule has 1 aromatic rings. The van der Waals surface area contributed by atoms with Crippen LogP contribution in [0.1, 0.15) is 18.9 Å². The smallest absolute Gasteiger partial charge is 0.191 e. The van der Waals surface area contributed by atoms with Gasteiger partial charge in [-0.3, -0.25) is 4.99 Å². The van der Waals surface area contributed by atoms with Gasteiger partial charge in [0, 0.05) is 20.1 Å². The number of rotatable bonds is 4.